The van der Waals surface area contributed by atoms with Gasteiger partial charge in [-0.2, -0.15) is 0 Å². The largest absolute Gasteiger partial charge is 0.497 e. The lowest BCUT2D eigenvalue weighted by molar-refractivity contribution is 0.0141. The lowest BCUT2D eigenvalue weighted by Crippen LogP contribution is -2.39. The number of nitrogens with one attached hydrogen (secondary N) is 1. The van der Waals surface area contributed by atoms with Gasteiger partial charge in [0.2, 0.25) is 0 Å². The molecule has 1 aromatic heterocycles. The Morgan fingerprint density at radius 2 is 1.83 bits per heavy atom. The maximum Gasteiger partial charge on any atom is 0.408 e. The van der Waals surface area contributed by atoms with Crippen LogP contribution in [-0.2, 0) is 20.8 Å². The third-order valence-electron chi connectivity index (χ3n) is 4.00. The van der Waals surface area contributed by atoms with Gasteiger partial charge in [0, 0.05) is 5.38 Å². The molecule has 1 heterocycles. The molecule has 0 saturated heterocycles. The molecule has 0 unspecified atom stereocenters. The average Bonchev–Trinajstić information content (AvgIpc) is 3.18. The van der Waals surface area contributed by atoms with Crippen LogP contribution in [-0.4, -0.2) is 43.0 Å². The molecule has 0 saturated carbocycles. The van der Waals surface area contributed by atoms with Gasteiger partial charge in [-0.3, -0.25) is 0 Å². The van der Waals surface area contributed by atoms with Crippen molar-refractivity contribution in [3.63, 3.8) is 0 Å². The van der Waals surface area contributed by atoms with Crippen LogP contribution < -0.4 is 10.1 Å². The topological polar surface area (TPSA) is 96.0 Å². The molecule has 2 rings (SSSR count). The van der Waals surface area contributed by atoms with Crippen molar-refractivity contribution in [3.8, 4) is 5.75 Å². The summed E-state index contributed by atoms with van der Waals surface area (Å²) in [6.45, 7) is 7.50. The Kier molecular flexibility index (Phi) is 8.19. The van der Waals surface area contributed by atoms with Gasteiger partial charge in [-0.05, 0) is 45.4 Å². The Morgan fingerprint density at radius 1 is 1.17 bits per heavy atom. The van der Waals surface area contributed by atoms with Gasteiger partial charge in [0.05, 0.1) is 26.9 Å². The van der Waals surface area contributed by atoms with Crippen LogP contribution in [0.2, 0.25) is 0 Å². The van der Waals surface area contributed by atoms with Crippen LogP contribution >= 0.6 is 11.3 Å². The van der Waals surface area contributed by atoms with Crippen molar-refractivity contribution in [2.75, 3.05) is 14.2 Å². The number of rotatable bonds is 8. The smallest absolute Gasteiger partial charge is 0.408 e. The number of esters is 1. The van der Waals surface area contributed by atoms with Crippen LogP contribution in [0.3, 0.4) is 0 Å². The zero-order chi connectivity index (χ0) is 22.3. The van der Waals surface area contributed by atoms with Gasteiger partial charge < -0.3 is 24.3 Å². The molecule has 0 aliphatic carbocycles. The molecule has 0 aliphatic rings. The molecule has 1 amide bonds. The van der Waals surface area contributed by atoms with Gasteiger partial charge in [-0.15, -0.1) is 11.3 Å². The van der Waals surface area contributed by atoms with Crippen molar-refractivity contribution < 1.29 is 28.5 Å². The van der Waals surface area contributed by atoms with Gasteiger partial charge in [-0.25, -0.2) is 14.6 Å². The number of ether oxygens (including phenoxy) is 4. The molecule has 2 atom stereocenters. The second kappa shape index (κ2) is 10.4. The second-order valence-corrected chi connectivity index (χ2v) is 8.44. The first-order valence-electron chi connectivity index (χ1n) is 9.40. The molecule has 30 heavy (non-hydrogen) atoms. The molecule has 164 valence electrons. The number of aromatic nitrogens is 1. The van der Waals surface area contributed by atoms with E-state index in [9.17, 15) is 9.59 Å². The zero-order valence-corrected chi connectivity index (χ0v) is 18.9. The number of amides is 1. The lowest BCUT2D eigenvalue weighted by atomic mass is 10.1. The van der Waals surface area contributed by atoms with Crippen LogP contribution in [0.4, 0.5) is 4.79 Å². The number of nitrogens with zero attached hydrogens (tertiary/aromatic N) is 1. The van der Waals surface area contributed by atoms with Gasteiger partial charge in [-0.1, -0.05) is 12.1 Å². The maximum atomic E-state index is 12.4. The summed E-state index contributed by atoms with van der Waals surface area (Å²) >= 11 is 1.24. The summed E-state index contributed by atoms with van der Waals surface area (Å²) in [4.78, 5) is 28.4. The summed E-state index contributed by atoms with van der Waals surface area (Å²) in [6.07, 6.45) is -1.04. The van der Waals surface area contributed by atoms with E-state index < -0.39 is 29.8 Å². The first kappa shape index (κ1) is 23.6. The van der Waals surface area contributed by atoms with E-state index in [1.165, 1.54) is 18.4 Å². The maximum absolute atomic E-state index is 12.4. The Hall–Kier alpha value is -2.65. The molecule has 2 aromatic rings. The minimum absolute atomic E-state index is 0.177. The first-order valence-corrected chi connectivity index (χ1v) is 10.3. The number of hydrogen-bond acceptors (Lipinski definition) is 8. The molecule has 9 heteroatoms. The number of hydrogen-bond donors (Lipinski definition) is 1. The van der Waals surface area contributed by atoms with Crippen molar-refractivity contribution in [2.45, 2.75) is 52.0 Å². The predicted molar refractivity (Wildman–Crippen MR) is 113 cm³/mol. The summed E-state index contributed by atoms with van der Waals surface area (Å²) in [5.74, 6) is 0.217. The summed E-state index contributed by atoms with van der Waals surface area (Å²) < 4.78 is 21.2. The van der Waals surface area contributed by atoms with Crippen molar-refractivity contribution in [1.29, 1.82) is 0 Å². The van der Waals surface area contributed by atoms with Crippen molar-refractivity contribution in [2.24, 2.45) is 0 Å². The number of carbonyl (C=O) groups excluding carboxylic acids is 2. The van der Waals surface area contributed by atoms with Crippen LogP contribution in [0.15, 0.2) is 29.6 Å². The molecule has 0 spiro atoms. The Labute approximate surface area is 180 Å². The SMILES string of the molecule is COC(=O)c1csc([C@@H](NC(=O)OC(C)(C)C)[C@@H](C)OCc2ccc(OC)cc2)n1. The molecule has 0 aliphatic heterocycles. The first-order chi connectivity index (χ1) is 14.1. The van der Waals surface area contributed by atoms with E-state index in [4.69, 9.17) is 18.9 Å². The van der Waals surface area contributed by atoms with E-state index in [1.54, 1.807) is 33.3 Å². The summed E-state index contributed by atoms with van der Waals surface area (Å²) in [5.41, 5.74) is 0.478. The highest BCUT2D eigenvalue weighted by Gasteiger charge is 2.28. The third-order valence-corrected chi connectivity index (χ3v) is 4.92. The highest BCUT2D eigenvalue weighted by molar-refractivity contribution is 7.09. The Morgan fingerprint density at radius 3 is 2.40 bits per heavy atom. The van der Waals surface area contributed by atoms with Crippen molar-refractivity contribution in [1.82, 2.24) is 10.3 Å². The molecular formula is C21H28N2O6S. The van der Waals surface area contributed by atoms with Gasteiger partial charge in [0.25, 0.3) is 0 Å². The number of alkyl carbamates (subject to hydrolysis) is 1. The monoisotopic (exact) mass is 436 g/mol. The standard InChI is InChI=1S/C21H28N2O6S/c1-13(28-11-14-7-9-15(26-5)10-8-14)17(23-20(25)29-21(2,3)4)18-22-16(12-30-18)19(24)27-6/h7-10,12-13,17H,11H2,1-6H3,(H,23,25)/t13-,17+/m1/s1. The molecule has 0 radical (unpaired) electrons. The highest BCUT2D eigenvalue weighted by atomic mass is 32.1. The molecular weight excluding hydrogens is 408 g/mol. The van der Waals surface area contributed by atoms with E-state index >= 15 is 0 Å². The van der Waals surface area contributed by atoms with Crippen LogP contribution in [0.25, 0.3) is 0 Å². The number of thiazole rings is 1. The van der Waals surface area contributed by atoms with E-state index in [0.717, 1.165) is 11.3 Å². The fourth-order valence-electron chi connectivity index (χ4n) is 2.49. The third kappa shape index (κ3) is 7.00. The van der Waals surface area contributed by atoms with E-state index in [2.05, 4.69) is 10.3 Å². The summed E-state index contributed by atoms with van der Waals surface area (Å²) in [7, 11) is 2.90. The second-order valence-electron chi connectivity index (χ2n) is 7.55. The lowest BCUT2D eigenvalue weighted by Gasteiger charge is -2.26. The number of methoxy groups -OCH3 is 2. The van der Waals surface area contributed by atoms with Crippen molar-refractivity contribution >= 4 is 23.4 Å². The fourth-order valence-corrected chi connectivity index (χ4v) is 3.42. The van der Waals surface area contributed by atoms with Crippen LogP contribution in [0.1, 0.15) is 54.8 Å². The summed E-state index contributed by atoms with van der Waals surface area (Å²) in [5, 5.41) is 4.91. The van der Waals surface area contributed by atoms with Crippen LogP contribution in [0, 0.1) is 0 Å². The minimum Gasteiger partial charge on any atom is -0.497 e. The quantitative estimate of drug-likeness (QED) is 0.622. The predicted octanol–water partition coefficient (Wildman–Crippen LogP) is 4.11. The van der Waals surface area contributed by atoms with Gasteiger partial charge in [0.1, 0.15) is 22.4 Å². The Balaban J connectivity index is 2.15. The van der Waals surface area contributed by atoms with E-state index in [-0.39, 0.29) is 5.69 Å². The molecule has 1 N–H and O–H groups in total. The molecule has 1 aromatic carbocycles. The summed E-state index contributed by atoms with van der Waals surface area (Å²) in [6, 6.07) is 6.90. The zero-order valence-electron chi connectivity index (χ0n) is 18.1. The molecule has 0 bridgehead atoms. The fraction of sp³-hybridized carbons (Fsp3) is 0.476. The van der Waals surface area contributed by atoms with Crippen molar-refractivity contribution in [3.05, 3.63) is 45.9 Å². The minimum atomic E-state index is -0.651. The number of benzene rings is 1. The normalized spacial score (nSPS) is 13.3. The van der Waals surface area contributed by atoms with E-state index in [1.807, 2.05) is 31.2 Å². The van der Waals surface area contributed by atoms with Gasteiger partial charge >= 0.3 is 12.1 Å². The van der Waals surface area contributed by atoms with Crippen LogP contribution in [0.5, 0.6) is 5.75 Å². The average molecular weight is 437 g/mol. The Bertz CT molecular complexity index is 844. The number of carbonyl (C=O) groups is 2. The molecule has 0 fully saturated rings. The molecule has 8 nitrogen and oxygen atoms in total. The highest BCUT2D eigenvalue weighted by Crippen LogP contribution is 2.25. The van der Waals surface area contributed by atoms with Gasteiger partial charge in [0.15, 0.2) is 5.69 Å². The van der Waals surface area contributed by atoms with E-state index in [0.29, 0.717) is 11.6 Å².